The van der Waals surface area contributed by atoms with Crippen molar-refractivity contribution in [2.75, 3.05) is 0 Å². The summed E-state index contributed by atoms with van der Waals surface area (Å²) in [6.45, 7) is 7.37. The zero-order chi connectivity index (χ0) is 21.4. The summed E-state index contributed by atoms with van der Waals surface area (Å²) in [5, 5.41) is 14.2. The molecule has 7 nitrogen and oxygen atoms in total. The Morgan fingerprint density at radius 3 is 2.65 bits per heavy atom. The van der Waals surface area contributed by atoms with Gasteiger partial charge in [-0.25, -0.2) is 9.67 Å². The molecule has 0 fully saturated rings. The molecule has 0 atom stereocenters. The molecule has 0 spiro atoms. The lowest BCUT2D eigenvalue weighted by Gasteiger charge is -2.14. The van der Waals surface area contributed by atoms with E-state index < -0.39 is 0 Å². The topological polar surface area (TPSA) is 70.1 Å². The molecule has 0 aliphatic carbocycles. The van der Waals surface area contributed by atoms with Gasteiger partial charge in [0.05, 0.1) is 18.1 Å². The summed E-state index contributed by atoms with van der Waals surface area (Å²) in [5.41, 5.74) is 5.04. The predicted molar refractivity (Wildman–Crippen MR) is 119 cm³/mol. The van der Waals surface area contributed by atoms with Crippen molar-refractivity contribution in [3.8, 4) is 5.75 Å². The van der Waals surface area contributed by atoms with Crippen molar-refractivity contribution in [1.82, 2.24) is 29.4 Å². The number of nitrogens with zero attached hydrogens (tertiary/aromatic N) is 6. The van der Waals surface area contributed by atoms with Crippen molar-refractivity contribution < 1.29 is 4.74 Å². The molecule has 0 radical (unpaired) electrons. The average molecular weight is 412 g/mol. The fraction of sp³-hybridized carbons (Fsp3) is 0.250. The normalized spacial score (nSPS) is 11.6. The van der Waals surface area contributed by atoms with Crippen LogP contribution in [0, 0.1) is 6.92 Å². The Bertz CT molecular complexity index is 1350. The van der Waals surface area contributed by atoms with E-state index in [-0.39, 0.29) is 0 Å². The van der Waals surface area contributed by atoms with Crippen LogP contribution in [0.4, 0.5) is 0 Å². The first kappa shape index (κ1) is 19.2. The molecule has 5 aromatic rings. The van der Waals surface area contributed by atoms with E-state index in [1.54, 1.807) is 12.5 Å². The minimum Gasteiger partial charge on any atom is -0.485 e. The lowest BCUT2D eigenvalue weighted by atomic mass is 10.0. The first-order valence-electron chi connectivity index (χ1n) is 10.4. The van der Waals surface area contributed by atoms with Crippen molar-refractivity contribution in [3.63, 3.8) is 0 Å². The third-order valence-corrected chi connectivity index (χ3v) is 5.44. The molecule has 0 N–H and O–H groups in total. The Labute approximate surface area is 180 Å². The highest BCUT2D eigenvalue weighted by molar-refractivity contribution is 5.88. The largest absolute Gasteiger partial charge is 0.485 e. The Morgan fingerprint density at radius 1 is 1.00 bits per heavy atom. The summed E-state index contributed by atoms with van der Waals surface area (Å²) in [6, 6.07) is 16.5. The van der Waals surface area contributed by atoms with Gasteiger partial charge >= 0.3 is 0 Å². The molecular weight excluding hydrogens is 388 g/mol. The smallest absolute Gasteiger partial charge is 0.176 e. The van der Waals surface area contributed by atoms with E-state index in [4.69, 9.17) is 4.74 Å². The van der Waals surface area contributed by atoms with Gasteiger partial charge in [-0.05, 0) is 35.6 Å². The number of ether oxygens (including phenoxy) is 1. The molecule has 7 heteroatoms. The summed E-state index contributed by atoms with van der Waals surface area (Å²) in [4.78, 5) is 4.64. The SMILES string of the molecule is Cc1ccc(C(C)C)c(OCc2nnc3c4cnn(Cc5ccccc5)c4ncn23)c1. The van der Waals surface area contributed by atoms with Crippen LogP contribution < -0.4 is 4.74 Å². The van der Waals surface area contributed by atoms with Crippen molar-refractivity contribution in [2.45, 2.75) is 39.8 Å². The summed E-state index contributed by atoms with van der Waals surface area (Å²) in [7, 11) is 0. The molecule has 156 valence electrons. The second kappa shape index (κ2) is 7.83. The minimum atomic E-state index is 0.315. The van der Waals surface area contributed by atoms with Gasteiger partial charge in [0.15, 0.2) is 17.1 Å². The van der Waals surface area contributed by atoms with E-state index in [2.05, 4.69) is 71.4 Å². The van der Waals surface area contributed by atoms with Crippen LogP contribution in [0.1, 0.15) is 42.3 Å². The van der Waals surface area contributed by atoms with Gasteiger partial charge < -0.3 is 4.74 Å². The highest BCUT2D eigenvalue weighted by Crippen LogP contribution is 2.28. The first-order valence-corrected chi connectivity index (χ1v) is 10.4. The van der Waals surface area contributed by atoms with Crippen LogP contribution in [0.2, 0.25) is 0 Å². The highest BCUT2D eigenvalue weighted by atomic mass is 16.5. The molecule has 0 aliphatic heterocycles. The summed E-state index contributed by atoms with van der Waals surface area (Å²) in [5.74, 6) is 1.97. The van der Waals surface area contributed by atoms with E-state index in [1.165, 1.54) is 16.7 Å². The van der Waals surface area contributed by atoms with Crippen molar-refractivity contribution in [2.24, 2.45) is 0 Å². The van der Waals surface area contributed by atoms with Gasteiger partial charge in [-0.3, -0.25) is 4.40 Å². The van der Waals surface area contributed by atoms with E-state index in [0.29, 0.717) is 24.9 Å². The van der Waals surface area contributed by atoms with Crippen LogP contribution in [-0.2, 0) is 13.2 Å². The second-order valence-corrected chi connectivity index (χ2v) is 8.06. The van der Waals surface area contributed by atoms with Crippen molar-refractivity contribution in [3.05, 3.63) is 83.6 Å². The first-order chi connectivity index (χ1) is 15.1. The molecule has 0 amide bonds. The predicted octanol–water partition coefficient (Wildman–Crippen LogP) is 4.53. The molecule has 0 bridgehead atoms. The monoisotopic (exact) mass is 412 g/mol. The van der Waals surface area contributed by atoms with Crippen LogP contribution in [0.25, 0.3) is 16.7 Å². The van der Waals surface area contributed by atoms with Gasteiger partial charge in [-0.15, -0.1) is 10.2 Å². The molecule has 2 aromatic carbocycles. The summed E-state index contributed by atoms with van der Waals surface area (Å²) < 4.78 is 9.92. The van der Waals surface area contributed by atoms with E-state index in [1.807, 2.05) is 27.3 Å². The Hall–Kier alpha value is -3.74. The lowest BCUT2D eigenvalue weighted by Crippen LogP contribution is -2.05. The Morgan fingerprint density at radius 2 is 1.84 bits per heavy atom. The van der Waals surface area contributed by atoms with Gasteiger partial charge in [0.2, 0.25) is 0 Å². The zero-order valence-corrected chi connectivity index (χ0v) is 17.9. The Kier molecular flexibility index (Phi) is 4.86. The molecule has 0 aliphatic rings. The fourth-order valence-electron chi connectivity index (χ4n) is 3.77. The molecule has 3 heterocycles. The van der Waals surface area contributed by atoms with Crippen LogP contribution in [0.15, 0.2) is 61.1 Å². The molecule has 5 rings (SSSR count). The highest BCUT2D eigenvalue weighted by Gasteiger charge is 2.15. The second-order valence-electron chi connectivity index (χ2n) is 8.06. The quantitative estimate of drug-likeness (QED) is 0.410. The lowest BCUT2D eigenvalue weighted by molar-refractivity contribution is 0.290. The average Bonchev–Trinajstić information content (AvgIpc) is 3.37. The fourth-order valence-corrected chi connectivity index (χ4v) is 3.77. The number of aromatic nitrogens is 6. The van der Waals surface area contributed by atoms with Crippen molar-refractivity contribution in [1.29, 1.82) is 0 Å². The molecule has 0 saturated carbocycles. The maximum atomic E-state index is 6.16. The maximum Gasteiger partial charge on any atom is 0.176 e. The van der Waals surface area contributed by atoms with Gasteiger partial charge in [0.1, 0.15) is 18.7 Å². The number of benzene rings is 2. The number of hydrogen-bond acceptors (Lipinski definition) is 5. The maximum absolute atomic E-state index is 6.16. The van der Waals surface area contributed by atoms with Crippen molar-refractivity contribution >= 4 is 16.7 Å². The number of fused-ring (bicyclic) bond motifs is 3. The van der Waals surface area contributed by atoms with Crippen LogP contribution >= 0.6 is 0 Å². The third kappa shape index (κ3) is 3.63. The molecule has 3 aromatic heterocycles. The summed E-state index contributed by atoms with van der Waals surface area (Å²) >= 11 is 0. The third-order valence-electron chi connectivity index (χ3n) is 5.44. The van der Waals surface area contributed by atoms with E-state index >= 15 is 0 Å². The van der Waals surface area contributed by atoms with Gasteiger partial charge in [0, 0.05) is 0 Å². The number of rotatable bonds is 6. The van der Waals surface area contributed by atoms with Crippen LogP contribution in [-0.4, -0.2) is 29.4 Å². The minimum absolute atomic E-state index is 0.315. The van der Waals surface area contributed by atoms with Gasteiger partial charge in [-0.2, -0.15) is 5.10 Å². The Balaban J connectivity index is 1.44. The standard InChI is InChI=1S/C24H24N6O/c1-16(2)19-10-9-17(3)11-21(19)31-14-22-27-28-24-20-12-26-30(23(20)25-15-29(22)24)13-18-7-5-4-6-8-18/h4-12,15-16H,13-14H2,1-3H3. The molecular formula is C24H24N6O. The van der Waals surface area contributed by atoms with E-state index in [0.717, 1.165) is 22.4 Å². The van der Waals surface area contributed by atoms with Gasteiger partial charge in [0.25, 0.3) is 0 Å². The van der Waals surface area contributed by atoms with Gasteiger partial charge in [-0.1, -0.05) is 56.3 Å². The van der Waals surface area contributed by atoms with Crippen LogP contribution in [0.5, 0.6) is 5.75 Å². The van der Waals surface area contributed by atoms with Crippen LogP contribution in [0.3, 0.4) is 0 Å². The molecule has 0 unspecified atom stereocenters. The van der Waals surface area contributed by atoms with E-state index in [9.17, 15) is 0 Å². The molecule has 0 saturated heterocycles. The molecule has 31 heavy (non-hydrogen) atoms. The zero-order valence-electron chi connectivity index (χ0n) is 17.9. The number of hydrogen-bond donors (Lipinski definition) is 0. The number of aryl methyl sites for hydroxylation is 1. The summed E-state index contributed by atoms with van der Waals surface area (Å²) in [6.07, 6.45) is 3.55.